The molecule has 0 aliphatic rings. The predicted molar refractivity (Wildman–Crippen MR) is 103 cm³/mol. The van der Waals surface area contributed by atoms with Crippen LogP contribution in [-0.2, 0) is 4.79 Å². The molecule has 1 N–H and O–H groups in total. The van der Waals surface area contributed by atoms with E-state index in [9.17, 15) is 4.79 Å². The molecule has 4 nitrogen and oxygen atoms in total. The Labute approximate surface area is 149 Å². The second kappa shape index (κ2) is 10.3. The van der Waals surface area contributed by atoms with Crippen molar-refractivity contribution in [3.8, 4) is 16.9 Å². The lowest BCUT2D eigenvalue weighted by Crippen LogP contribution is -2.25. The normalized spacial score (nSPS) is 11.2. The van der Waals surface area contributed by atoms with Crippen LogP contribution in [0.25, 0.3) is 11.1 Å². The van der Waals surface area contributed by atoms with Crippen LogP contribution in [0.1, 0.15) is 39.5 Å². The molecule has 4 heteroatoms. The minimum absolute atomic E-state index is 0.0427. The van der Waals surface area contributed by atoms with Crippen LogP contribution in [-0.4, -0.2) is 18.2 Å². The monoisotopic (exact) mass is 338 g/mol. The van der Waals surface area contributed by atoms with Gasteiger partial charge in [0.2, 0.25) is 0 Å². The van der Waals surface area contributed by atoms with Crippen molar-refractivity contribution in [1.29, 1.82) is 0 Å². The highest BCUT2D eigenvalue weighted by Crippen LogP contribution is 2.21. The van der Waals surface area contributed by atoms with Gasteiger partial charge in [0.1, 0.15) is 5.75 Å². The molecule has 0 aliphatic heterocycles. The number of hydrazone groups is 1. The van der Waals surface area contributed by atoms with Gasteiger partial charge in [-0.25, -0.2) is 5.43 Å². The molecule has 0 aromatic heterocycles. The van der Waals surface area contributed by atoms with Crippen molar-refractivity contribution in [2.45, 2.75) is 39.5 Å². The van der Waals surface area contributed by atoms with Gasteiger partial charge in [0, 0.05) is 5.71 Å². The molecule has 0 unspecified atom stereocenters. The van der Waals surface area contributed by atoms with Crippen molar-refractivity contribution in [3.63, 3.8) is 0 Å². The van der Waals surface area contributed by atoms with E-state index in [1.807, 2.05) is 49.4 Å². The lowest BCUT2D eigenvalue weighted by molar-refractivity contribution is -0.123. The Kier molecular flexibility index (Phi) is 7.70. The Balaban J connectivity index is 1.82. The average Bonchev–Trinajstić information content (AvgIpc) is 2.67. The van der Waals surface area contributed by atoms with Crippen molar-refractivity contribution < 1.29 is 9.53 Å². The molecule has 2 rings (SSSR count). The van der Waals surface area contributed by atoms with Gasteiger partial charge in [-0.05, 0) is 42.5 Å². The second-order valence-corrected chi connectivity index (χ2v) is 5.85. The Bertz CT molecular complexity index is 679. The van der Waals surface area contributed by atoms with Crippen molar-refractivity contribution in [1.82, 2.24) is 5.43 Å². The summed E-state index contributed by atoms with van der Waals surface area (Å²) in [6, 6.07) is 17.9. The Morgan fingerprint density at radius 2 is 1.68 bits per heavy atom. The van der Waals surface area contributed by atoms with Gasteiger partial charge in [0.05, 0.1) is 0 Å². The zero-order chi connectivity index (χ0) is 17.9. The fraction of sp³-hybridized carbons (Fsp3) is 0.333. The first-order chi connectivity index (χ1) is 12.2. The molecule has 2 aromatic rings. The number of hydrogen-bond donors (Lipinski definition) is 1. The van der Waals surface area contributed by atoms with Crippen LogP contribution in [0, 0.1) is 0 Å². The van der Waals surface area contributed by atoms with E-state index in [2.05, 4.69) is 29.6 Å². The van der Waals surface area contributed by atoms with Gasteiger partial charge < -0.3 is 4.74 Å². The van der Waals surface area contributed by atoms with Gasteiger partial charge in [-0.2, -0.15) is 5.10 Å². The number of nitrogens with zero attached hydrogens (tertiary/aromatic N) is 1. The highest BCUT2D eigenvalue weighted by molar-refractivity contribution is 5.86. The van der Waals surface area contributed by atoms with Crippen LogP contribution in [0.2, 0.25) is 0 Å². The summed E-state index contributed by atoms with van der Waals surface area (Å²) in [5.41, 5.74) is 5.86. The number of carbonyl (C=O) groups is 1. The number of benzene rings is 2. The third-order valence-electron chi connectivity index (χ3n) is 3.90. The summed E-state index contributed by atoms with van der Waals surface area (Å²) in [6.45, 7) is 4.15. The van der Waals surface area contributed by atoms with Gasteiger partial charge in [0.25, 0.3) is 5.91 Å². The van der Waals surface area contributed by atoms with E-state index in [1.54, 1.807) is 0 Å². The van der Waals surface area contributed by atoms with E-state index in [0.29, 0.717) is 5.75 Å². The van der Waals surface area contributed by atoms with Crippen LogP contribution < -0.4 is 10.2 Å². The lowest BCUT2D eigenvalue weighted by Gasteiger charge is -2.08. The SMILES string of the molecule is CCCC/C(CC)=N/NC(=O)COc1ccc(-c2ccccc2)cc1. The summed E-state index contributed by atoms with van der Waals surface area (Å²) in [4.78, 5) is 11.9. The molecule has 0 saturated carbocycles. The number of carbonyl (C=O) groups excluding carboxylic acids is 1. The first-order valence-corrected chi connectivity index (χ1v) is 8.85. The van der Waals surface area contributed by atoms with Crippen LogP contribution in [0.4, 0.5) is 0 Å². The maximum Gasteiger partial charge on any atom is 0.277 e. The molecule has 0 spiro atoms. The second-order valence-electron chi connectivity index (χ2n) is 5.85. The Hall–Kier alpha value is -2.62. The maximum absolute atomic E-state index is 11.9. The van der Waals surface area contributed by atoms with E-state index in [0.717, 1.165) is 42.5 Å². The third kappa shape index (κ3) is 6.42. The van der Waals surface area contributed by atoms with Gasteiger partial charge >= 0.3 is 0 Å². The minimum Gasteiger partial charge on any atom is -0.484 e. The molecule has 1 amide bonds. The van der Waals surface area contributed by atoms with E-state index in [-0.39, 0.29) is 12.5 Å². The van der Waals surface area contributed by atoms with Crippen LogP contribution in [0.15, 0.2) is 59.7 Å². The van der Waals surface area contributed by atoms with Gasteiger partial charge in [-0.15, -0.1) is 0 Å². The van der Waals surface area contributed by atoms with E-state index in [1.165, 1.54) is 0 Å². The molecule has 2 aromatic carbocycles. The number of amides is 1. The fourth-order valence-electron chi connectivity index (χ4n) is 2.39. The van der Waals surface area contributed by atoms with Crippen molar-refractivity contribution in [2.75, 3.05) is 6.61 Å². The number of unbranched alkanes of at least 4 members (excludes halogenated alkanes) is 1. The van der Waals surface area contributed by atoms with Crippen molar-refractivity contribution >= 4 is 11.6 Å². The molecule has 132 valence electrons. The first kappa shape index (κ1) is 18.7. The molecular weight excluding hydrogens is 312 g/mol. The zero-order valence-corrected chi connectivity index (χ0v) is 15.0. The summed E-state index contributed by atoms with van der Waals surface area (Å²) < 4.78 is 5.52. The number of hydrogen-bond acceptors (Lipinski definition) is 3. The molecule has 0 fully saturated rings. The number of ether oxygens (including phenoxy) is 1. The van der Waals surface area contributed by atoms with Crippen molar-refractivity contribution in [2.24, 2.45) is 5.10 Å². The smallest absolute Gasteiger partial charge is 0.277 e. The standard InChI is InChI=1S/C21H26N2O2/c1-3-5-11-19(4-2)22-23-21(24)16-25-20-14-12-18(13-15-20)17-9-7-6-8-10-17/h6-10,12-15H,3-5,11,16H2,1-2H3,(H,23,24)/b22-19+. The van der Waals surface area contributed by atoms with Crippen LogP contribution >= 0.6 is 0 Å². The minimum atomic E-state index is -0.241. The Morgan fingerprint density at radius 3 is 2.32 bits per heavy atom. The van der Waals surface area contributed by atoms with Gasteiger partial charge in [-0.1, -0.05) is 62.7 Å². The first-order valence-electron chi connectivity index (χ1n) is 8.85. The van der Waals surface area contributed by atoms with Gasteiger partial charge in [0.15, 0.2) is 6.61 Å². The van der Waals surface area contributed by atoms with E-state index in [4.69, 9.17) is 4.74 Å². The molecule has 0 saturated heterocycles. The number of rotatable bonds is 9. The molecule has 25 heavy (non-hydrogen) atoms. The van der Waals surface area contributed by atoms with Crippen molar-refractivity contribution in [3.05, 3.63) is 54.6 Å². The largest absolute Gasteiger partial charge is 0.484 e. The zero-order valence-electron chi connectivity index (χ0n) is 15.0. The molecule has 0 heterocycles. The molecule has 0 aliphatic carbocycles. The predicted octanol–water partition coefficient (Wildman–Crippen LogP) is 4.80. The van der Waals surface area contributed by atoms with Crippen LogP contribution in [0.3, 0.4) is 0 Å². The molecular formula is C21H26N2O2. The van der Waals surface area contributed by atoms with Gasteiger partial charge in [-0.3, -0.25) is 4.79 Å². The maximum atomic E-state index is 11.9. The molecule has 0 bridgehead atoms. The average molecular weight is 338 g/mol. The molecule has 0 atom stereocenters. The third-order valence-corrected chi connectivity index (χ3v) is 3.90. The van der Waals surface area contributed by atoms with Crippen LogP contribution in [0.5, 0.6) is 5.75 Å². The summed E-state index contributed by atoms with van der Waals surface area (Å²) in [5.74, 6) is 0.426. The molecule has 0 radical (unpaired) electrons. The lowest BCUT2D eigenvalue weighted by atomic mass is 10.1. The quantitative estimate of drug-likeness (QED) is 0.527. The van der Waals surface area contributed by atoms with E-state index >= 15 is 0 Å². The summed E-state index contributed by atoms with van der Waals surface area (Å²) in [5, 5.41) is 4.18. The summed E-state index contributed by atoms with van der Waals surface area (Å²) >= 11 is 0. The summed E-state index contributed by atoms with van der Waals surface area (Å²) in [7, 11) is 0. The highest BCUT2D eigenvalue weighted by atomic mass is 16.5. The Morgan fingerprint density at radius 1 is 1.00 bits per heavy atom. The van der Waals surface area contributed by atoms with E-state index < -0.39 is 0 Å². The summed E-state index contributed by atoms with van der Waals surface area (Å²) in [6.07, 6.45) is 3.99. The topological polar surface area (TPSA) is 50.7 Å². The highest BCUT2D eigenvalue weighted by Gasteiger charge is 2.04. The fourth-order valence-corrected chi connectivity index (χ4v) is 2.39. The number of nitrogens with one attached hydrogen (secondary N) is 1.